The van der Waals surface area contributed by atoms with Crippen molar-refractivity contribution in [3.8, 4) is 0 Å². The Labute approximate surface area is 149 Å². The van der Waals surface area contributed by atoms with Crippen LogP contribution in [0.3, 0.4) is 0 Å². The zero-order valence-electron chi connectivity index (χ0n) is 15.1. The Kier molecular flexibility index (Phi) is 5.69. The normalized spacial score (nSPS) is 13.2. The molecule has 0 saturated heterocycles. The average Bonchev–Trinajstić information content (AvgIpc) is 3.13. The SMILES string of the molecule is CC(c1ccco1)N(C)C(=O)c1cccc(S(=O)(=O)N(C)C(C)C)c1. The van der Waals surface area contributed by atoms with Crippen molar-refractivity contribution in [2.45, 2.75) is 37.8 Å². The molecule has 0 aliphatic rings. The molecule has 0 aliphatic heterocycles. The minimum absolute atomic E-state index is 0.105. The molecule has 0 aliphatic carbocycles. The highest BCUT2D eigenvalue weighted by atomic mass is 32.2. The molecule has 0 saturated carbocycles. The molecule has 0 radical (unpaired) electrons. The summed E-state index contributed by atoms with van der Waals surface area (Å²) in [6, 6.07) is 9.24. The first-order chi connectivity index (χ1) is 11.7. The van der Waals surface area contributed by atoms with E-state index >= 15 is 0 Å². The summed E-state index contributed by atoms with van der Waals surface area (Å²) in [4.78, 5) is 14.4. The van der Waals surface area contributed by atoms with E-state index < -0.39 is 10.0 Å². The van der Waals surface area contributed by atoms with Crippen molar-refractivity contribution in [2.75, 3.05) is 14.1 Å². The van der Waals surface area contributed by atoms with Gasteiger partial charge in [0.25, 0.3) is 5.91 Å². The highest BCUT2D eigenvalue weighted by Crippen LogP contribution is 2.23. The van der Waals surface area contributed by atoms with Gasteiger partial charge < -0.3 is 9.32 Å². The number of hydrogen-bond acceptors (Lipinski definition) is 4. The molecule has 7 heteroatoms. The Hall–Kier alpha value is -2.12. The molecule has 136 valence electrons. The number of nitrogens with zero attached hydrogens (tertiary/aromatic N) is 2. The van der Waals surface area contributed by atoms with Crippen molar-refractivity contribution >= 4 is 15.9 Å². The van der Waals surface area contributed by atoms with Crippen LogP contribution in [0, 0.1) is 0 Å². The van der Waals surface area contributed by atoms with Gasteiger partial charge in [0.05, 0.1) is 17.2 Å². The van der Waals surface area contributed by atoms with Gasteiger partial charge in [-0.2, -0.15) is 4.31 Å². The summed E-state index contributed by atoms with van der Waals surface area (Å²) in [5, 5.41) is 0. The van der Waals surface area contributed by atoms with Crippen LogP contribution in [0.15, 0.2) is 52.0 Å². The molecule has 0 bridgehead atoms. The molecule has 1 amide bonds. The summed E-state index contributed by atoms with van der Waals surface area (Å²) in [6.07, 6.45) is 1.55. The summed E-state index contributed by atoms with van der Waals surface area (Å²) >= 11 is 0. The predicted octanol–water partition coefficient (Wildman–Crippen LogP) is 3.14. The fourth-order valence-electron chi connectivity index (χ4n) is 2.33. The first kappa shape index (κ1) is 19.2. The third kappa shape index (κ3) is 3.93. The van der Waals surface area contributed by atoms with Gasteiger partial charge in [-0.3, -0.25) is 4.79 Å². The third-order valence-corrected chi connectivity index (χ3v) is 6.37. The average molecular weight is 364 g/mol. The van der Waals surface area contributed by atoms with E-state index in [0.29, 0.717) is 11.3 Å². The standard InChI is InChI=1S/C18H24N2O4S/c1-13(2)20(5)25(22,23)16-9-6-8-15(12-16)18(21)19(4)14(3)17-10-7-11-24-17/h6-14H,1-5H3. The highest BCUT2D eigenvalue weighted by Gasteiger charge is 2.26. The maximum absolute atomic E-state index is 12.7. The van der Waals surface area contributed by atoms with E-state index in [-0.39, 0.29) is 22.9 Å². The fourth-order valence-corrected chi connectivity index (χ4v) is 3.75. The van der Waals surface area contributed by atoms with Crippen LogP contribution in [-0.2, 0) is 10.0 Å². The first-order valence-corrected chi connectivity index (χ1v) is 9.49. The Balaban J connectivity index is 2.30. The van der Waals surface area contributed by atoms with Crippen molar-refractivity contribution < 1.29 is 17.6 Å². The van der Waals surface area contributed by atoms with Crippen molar-refractivity contribution in [1.29, 1.82) is 0 Å². The van der Waals surface area contributed by atoms with Gasteiger partial charge in [-0.25, -0.2) is 8.42 Å². The van der Waals surface area contributed by atoms with Crippen molar-refractivity contribution in [2.24, 2.45) is 0 Å². The number of carbonyl (C=O) groups is 1. The molecule has 1 aromatic carbocycles. The van der Waals surface area contributed by atoms with Crippen LogP contribution in [0.4, 0.5) is 0 Å². The molecule has 2 rings (SSSR count). The van der Waals surface area contributed by atoms with Crippen molar-refractivity contribution in [1.82, 2.24) is 9.21 Å². The van der Waals surface area contributed by atoms with Gasteiger partial charge in [0.2, 0.25) is 10.0 Å². The smallest absolute Gasteiger partial charge is 0.254 e. The van der Waals surface area contributed by atoms with E-state index in [0.717, 1.165) is 0 Å². The molecular weight excluding hydrogens is 340 g/mol. The number of rotatable bonds is 6. The monoisotopic (exact) mass is 364 g/mol. The fraction of sp³-hybridized carbons (Fsp3) is 0.389. The second-order valence-corrected chi connectivity index (χ2v) is 8.25. The van der Waals surface area contributed by atoms with E-state index in [1.807, 2.05) is 6.92 Å². The van der Waals surface area contributed by atoms with Crippen LogP contribution in [0.5, 0.6) is 0 Å². The Bertz CT molecular complexity index is 829. The molecule has 0 fully saturated rings. The molecule has 1 unspecified atom stereocenters. The molecule has 2 aromatic rings. The van der Waals surface area contributed by atoms with Gasteiger partial charge in [0.15, 0.2) is 0 Å². The molecule has 0 spiro atoms. The largest absolute Gasteiger partial charge is 0.467 e. The Morgan fingerprint density at radius 2 is 1.76 bits per heavy atom. The maximum Gasteiger partial charge on any atom is 0.254 e. The zero-order valence-corrected chi connectivity index (χ0v) is 15.9. The zero-order chi connectivity index (χ0) is 18.8. The van der Waals surface area contributed by atoms with Crippen LogP contribution in [0.25, 0.3) is 0 Å². The lowest BCUT2D eigenvalue weighted by atomic mass is 10.1. The lowest BCUT2D eigenvalue weighted by molar-refractivity contribution is 0.0726. The molecule has 1 aromatic heterocycles. The van der Waals surface area contributed by atoms with Crippen LogP contribution < -0.4 is 0 Å². The lowest BCUT2D eigenvalue weighted by Gasteiger charge is -2.24. The molecule has 0 N–H and O–H groups in total. The first-order valence-electron chi connectivity index (χ1n) is 8.05. The van der Waals surface area contributed by atoms with E-state index in [4.69, 9.17) is 4.42 Å². The van der Waals surface area contributed by atoms with E-state index in [9.17, 15) is 13.2 Å². The number of amides is 1. The number of furan rings is 1. The van der Waals surface area contributed by atoms with E-state index in [2.05, 4.69) is 0 Å². The van der Waals surface area contributed by atoms with Crippen LogP contribution in [-0.4, -0.2) is 43.7 Å². The van der Waals surface area contributed by atoms with Gasteiger partial charge in [-0.15, -0.1) is 0 Å². The molecule has 1 heterocycles. The van der Waals surface area contributed by atoms with E-state index in [1.54, 1.807) is 51.4 Å². The summed E-state index contributed by atoms with van der Waals surface area (Å²) < 4.78 is 31.9. The van der Waals surface area contributed by atoms with Gasteiger partial charge in [-0.05, 0) is 51.1 Å². The van der Waals surface area contributed by atoms with Crippen LogP contribution >= 0.6 is 0 Å². The summed E-state index contributed by atoms with van der Waals surface area (Å²) in [6.45, 7) is 5.45. The van der Waals surface area contributed by atoms with Gasteiger partial charge in [0.1, 0.15) is 5.76 Å². The van der Waals surface area contributed by atoms with Gasteiger partial charge in [0, 0.05) is 25.7 Å². The van der Waals surface area contributed by atoms with Crippen molar-refractivity contribution in [3.05, 3.63) is 54.0 Å². The molecule has 25 heavy (non-hydrogen) atoms. The molecular formula is C18H24N2O4S. The van der Waals surface area contributed by atoms with Crippen LogP contribution in [0.1, 0.15) is 42.9 Å². The second kappa shape index (κ2) is 7.41. The molecule has 6 nitrogen and oxygen atoms in total. The summed E-state index contributed by atoms with van der Waals surface area (Å²) in [5.41, 5.74) is 0.319. The Morgan fingerprint density at radius 1 is 1.08 bits per heavy atom. The van der Waals surface area contributed by atoms with Gasteiger partial charge >= 0.3 is 0 Å². The van der Waals surface area contributed by atoms with Crippen molar-refractivity contribution in [3.63, 3.8) is 0 Å². The number of benzene rings is 1. The quantitative estimate of drug-likeness (QED) is 0.789. The summed E-state index contributed by atoms with van der Waals surface area (Å²) in [7, 11) is -0.448. The third-order valence-electron chi connectivity index (χ3n) is 4.34. The minimum Gasteiger partial charge on any atom is -0.467 e. The summed E-state index contributed by atoms with van der Waals surface area (Å²) in [5.74, 6) is 0.396. The highest BCUT2D eigenvalue weighted by molar-refractivity contribution is 7.89. The molecule has 1 atom stereocenters. The minimum atomic E-state index is -3.64. The topological polar surface area (TPSA) is 70.8 Å². The lowest BCUT2D eigenvalue weighted by Crippen LogP contribution is -2.33. The Morgan fingerprint density at radius 3 is 2.32 bits per heavy atom. The predicted molar refractivity (Wildman–Crippen MR) is 95.7 cm³/mol. The number of sulfonamides is 1. The second-order valence-electron chi connectivity index (χ2n) is 6.25. The number of carbonyl (C=O) groups excluding carboxylic acids is 1. The number of hydrogen-bond donors (Lipinski definition) is 0. The maximum atomic E-state index is 12.7. The van der Waals surface area contributed by atoms with E-state index in [1.165, 1.54) is 28.4 Å². The van der Waals surface area contributed by atoms with Crippen LogP contribution in [0.2, 0.25) is 0 Å². The van der Waals surface area contributed by atoms with Gasteiger partial charge in [-0.1, -0.05) is 6.07 Å².